The number of anilines is 1. The van der Waals surface area contributed by atoms with E-state index in [0.29, 0.717) is 21.5 Å². The van der Waals surface area contributed by atoms with Crippen molar-refractivity contribution in [3.05, 3.63) is 57.6 Å². The van der Waals surface area contributed by atoms with Gasteiger partial charge in [-0.3, -0.25) is 4.79 Å². The summed E-state index contributed by atoms with van der Waals surface area (Å²) < 4.78 is 5.65. The fourth-order valence-corrected chi connectivity index (χ4v) is 3.08. The average Bonchev–Trinajstić information content (AvgIpc) is 2.86. The number of aromatic hydroxyl groups is 1. The number of ether oxygens (including phenoxy) is 1. The molecule has 1 amide bonds. The van der Waals surface area contributed by atoms with Gasteiger partial charge in [0.05, 0.1) is 28.6 Å². The molecule has 0 saturated heterocycles. The highest BCUT2D eigenvalue weighted by Gasteiger charge is 2.28. The zero-order valence-electron chi connectivity index (χ0n) is 14.1. The standard InChI is InChI=1S/C19H17BrN2O3/c1-11-5-4-6-14(7-11)22-19(24)15(12(2)21-22)8-13-9-16(20)18(23)17(10-13)25-3/h4-10,23H,1-3H3/b15-8+. The molecule has 2 aromatic rings. The van der Waals surface area contributed by atoms with Crippen LogP contribution in [0, 0.1) is 6.92 Å². The smallest absolute Gasteiger partial charge is 0.280 e. The molecule has 1 N–H and O–H groups in total. The van der Waals surface area contributed by atoms with Crippen molar-refractivity contribution in [1.29, 1.82) is 0 Å². The van der Waals surface area contributed by atoms with Gasteiger partial charge in [-0.05, 0) is 71.2 Å². The highest BCUT2D eigenvalue weighted by atomic mass is 79.9. The molecule has 0 saturated carbocycles. The summed E-state index contributed by atoms with van der Waals surface area (Å²) >= 11 is 3.29. The molecule has 0 aliphatic carbocycles. The minimum absolute atomic E-state index is 0.0224. The van der Waals surface area contributed by atoms with Crippen molar-refractivity contribution in [2.24, 2.45) is 5.10 Å². The second-order valence-electron chi connectivity index (χ2n) is 5.75. The Morgan fingerprint density at radius 2 is 2.00 bits per heavy atom. The third kappa shape index (κ3) is 3.30. The van der Waals surface area contributed by atoms with Gasteiger partial charge < -0.3 is 9.84 Å². The van der Waals surface area contributed by atoms with Crippen LogP contribution in [0.15, 0.2) is 51.5 Å². The van der Waals surface area contributed by atoms with E-state index in [1.807, 2.05) is 31.2 Å². The van der Waals surface area contributed by atoms with Gasteiger partial charge in [-0.1, -0.05) is 12.1 Å². The summed E-state index contributed by atoms with van der Waals surface area (Å²) in [6.45, 7) is 3.77. The lowest BCUT2D eigenvalue weighted by Gasteiger charge is -2.12. The molecular formula is C19H17BrN2O3. The third-order valence-corrected chi connectivity index (χ3v) is 4.49. The molecule has 6 heteroatoms. The van der Waals surface area contributed by atoms with Crippen molar-refractivity contribution in [2.45, 2.75) is 13.8 Å². The molecular weight excluding hydrogens is 384 g/mol. The quantitative estimate of drug-likeness (QED) is 0.782. The summed E-state index contributed by atoms with van der Waals surface area (Å²) in [4.78, 5) is 12.8. The largest absolute Gasteiger partial charge is 0.503 e. The van der Waals surface area contributed by atoms with E-state index in [9.17, 15) is 9.90 Å². The molecule has 1 heterocycles. The van der Waals surface area contributed by atoms with Crippen molar-refractivity contribution in [3.63, 3.8) is 0 Å². The molecule has 0 aromatic heterocycles. The van der Waals surface area contributed by atoms with E-state index in [1.165, 1.54) is 12.1 Å². The fraction of sp³-hybridized carbons (Fsp3) is 0.158. The number of aryl methyl sites for hydroxylation is 1. The molecule has 0 fully saturated rings. The first-order chi connectivity index (χ1) is 11.9. The van der Waals surface area contributed by atoms with Crippen LogP contribution in [0.5, 0.6) is 11.5 Å². The molecule has 128 valence electrons. The lowest BCUT2D eigenvalue weighted by atomic mass is 10.1. The van der Waals surface area contributed by atoms with Crippen molar-refractivity contribution in [1.82, 2.24) is 0 Å². The lowest BCUT2D eigenvalue weighted by molar-refractivity contribution is -0.114. The SMILES string of the molecule is COc1cc(/C=C2/C(=O)N(c3cccc(C)c3)N=C2C)cc(Br)c1O. The Morgan fingerprint density at radius 3 is 2.68 bits per heavy atom. The van der Waals surface area contributed by atoms with E-state index >= 15 is 0 Å². The summed E-state index contributed by atoms with van der Waals surface area (Å²) in [5.74, 6) is 0.164. The first-order valence-electron chi connectivity index (χ1n) is 7.65. The number of halogens is 1. The number of hydrazone groups is 1. The third-order valence-electron chi connectivity index (χ3n) is 3.89. The van der Waals surface area contributed by atoms with Crippen LogP contribution in [-0.4, -0.2) is 23.8 Å². The maximum Gasteiger partial charge on any atom is 0.280 e. The van der Waals surface area contributed by atoms with Crippen LogP contribution in [0.3, 0.4) is 0 Å². The molecule has 0 atom stereocenters. The molecule has 1 aliphatic rings. The van der Waals surface area contributed by atoms with Crippen molar-refractivity contribution < 1.29 is 14.6 Å². The summed E-state index contributed by atoms with van der Waals surface area (Å²) in [5, 5.41) is 15.7. The molecule has 1 aliphatic heterocycles. The summed E-state index contributed by atoms with van der Waals surface area (Å²) in [5.41, 5.74) is 3.65. The molecule has 0 bridgehead atoms. The zero-order chi connectivity index (χ0) is 18.1. The highest BCUT2D eigenvalue weighted by molar-refractivity contribution is 9.10. The van der Waals surface area contributed by atoms with E-state index in [2.05, 4.69) is 21.0 Å². The van der Waals surface area contributed by atoms with Gasteiger partial charge in [-0.2, -0.15) is 10.1 Å². The second kappa shape index (κ2) is 6.72. The number of benzene rings is 2. The molecule has 5 nitrogen and oxygen atoms in total. The maximum atomic E-state index is 12.8. The Hall–Kier alpha value is -2.60. The predicted molar refractivity (Wildman–Crippen MR) is 102 cm³/mol. The maximum absolute atomic E-state index is 12.8. The van der Waals surface area contributed by atoms with Crippen LogP contribution >= 0.6 is 15.9 Å². The van der Waals surface area contributed by atoms with Crippen molar-refractivity contribution >= 4 is 39.3 Å². The van der Waals surface area contributed by atoms with Gasteiger partial charge in [0, 0.05) is 0 Å². The van der Waals surface area contributed by atoms with Crippen LogP contribution in [0.2, 0.25) is 0 Å². The van der Waals surface area contributed by atoms with Gasteiger partial charge in [0.1, 0.15) is 0 Å². The molecule has 0 radical (unpaired) electrons. The number of phenols is 1. The zero-order valence-corrected chi connectivity index (χ0v) is 15.7. The van der Waals surface area contributed by atoms with E-state index in [0.717, 1.165) is 16.8 Å². The normalized spacial score (nSPS) is 15.7. The Morgan fingerprint density at radius 1 is 1.24 bits per heavy atom. The van der Waals surface area contributed by atoms with Crippen molar-refractivity contribution in [3.8, 4) is 11.5 Å². The number of rotatable bonds is 3. The first kappa shape index (κ1) is 17.2. The number of nitrogens with zero attached hydrogens (tertiary/aromatic N) is 2. The number of hydrogen-bond donors (Lipinski definition) is 1. The van der Waals surface area contributed by atoms with Gasteiger partial charge in [0.2, 0.25) is 0 Å². The predicted octanol–water partition coefficient (Wildman–Crippen LogP) is 4.28. The van der Waals surface area contributed by atoms with Gasteiger partial charge in [0.25, 0.3) is 5.91 Å². The monoisotopic (exact) mass is 400 g/mol. The van der Waals surface area contributed by atoms with Gasteiger partial charge in [-0.25, -0.2) is 0 Å². The fourth-order valence-electron chi connectivity index (χ4n) is 2.62. The van der Waals surface area contributed by atoms with Gasteiger partial charge in [-0.15, -0.1) is 0 Å². The van der Waals surface area contributed by atoms with E-state index in [1.54, 1.807) is 25.1 Å². The molecule has 0 unspecified atom stereocenters. The molecule has 2 aromatic carbocycles. The van der Waals surface area contributed by atoms with Crippen LogP contribution in [0.25, 0.3) is 6.08 Å². The Bertz CT molecular complexity index is 919. The van der Waals surface area contributed by atoms with Crippen LogP contribution in [0.1, 0.15) is 18.1 Å². The number of phenolic OH excluding ortho intramolecular Hbond substituents is 1. The van der Waals surface area contributed by atoms with Gasteiger partial charge in [0.15, 0.2) is 11.5 Å². The van der Waals surface area contributed by atoms with E-state index < -0.39 is 0 Å². The number of carbonyl (C=O) groups is 1. The van der Waals surface area contributed by atoms with Crippen LogP contribution < -0.4 is 9.75 Å². The first-order valence-corrected chi connectivity index (χ1v) is 8.45. The summed E-state index contributed by atoms with van der Waals surface area (Å²) in [6.07, 6.45) is 1.74. The number of amides is 1. The minimum atomic E-state index is -0.189. The van der Waals surface area contributed by atoms with Crippen LogP contribution in [-0.2, 0) is 4.79 Å². The molecule has 3 rings (SSSR count). The summed E-state index contributed by atoms with van der Waals surface area (Å²) in [7, 11) is 1.48. The molecule has 0 spiro atoms. The second-order valence-corrected chi connectivity index (χ2v) is 6.61. The Labute approximate surface area is 154 Å². The number of carbonyl (C=O) groups excluding carboxylic acids is 1. The Kier molecular flexibility index (Phi) is 4.63. The Balaban J connectivity index is 1.99. The highest BCUT2D eigenvalue weighted by Crippen LogP contribution is 2.36. The minimum Gasteiger partial charge on any atom is -0.503 e. The van der Waals surface area contributed by atoms with Crippen molar-refractivity contribution in [2.75, 3.05) is 12.1 Å². The van der Waals surface area contributed by atoms with E-state index in [-0.39, 0.29) is 11.7 Å². The van der Waals surface area contributed by atoms with E-state index in [4.69, 9.17) is 4.74 Å². The number of hydrogen-bond acceptors (Lipinski definition) is 4. The van der Waals surface area contributed by atoms with Crippen LogP contribution in [0.4, 0.5) is 5.69 Å². The number of methoxy groups -OCH3 is 1. The topological polar surface area (TPSA) is 62.1 Å². The van der Waals surface area contributed by atoms with Gasteiger partial charge >= 0.3 is 0 Å². The molecule has 25 heavy (non-hydrogen) atoms. The lowest BCUT2D eigenvalue weighted by Crippen LogP contribution is -2.21. The average molecular weight is 401 g/mol. The summed E-state index contributed by atoms with van der Waals surface area (Å²) in [6, 6.07) is 11.0.